The van der Waals surface area contributed by atoms with Crippen molar-refractivity contribution in [2.75, 3.05) is 37.6 Å². The summed E-state index contributed by atoms with van der Waals surface area (Å²) in [4.78, 5) is 28.2. The molecule has 0 saturated carbocycles. The van der Waals surface area contributed by atoms with E-state index >= 15 is 0 Å². The number of carbonyl (C=O) groups excluding carboxylic acids is 2. The van der Waals surface area contributed by atoms with Gasteiger partial charge in [0.05, 0.1) is 6.54 Å². The molecule has 5 heteroatoms. The number of likely N-dealkylation sites (tertiary alicyclic amines) is 1. The molecule has 0 radical (unpaired) electrons. The van der Waals surface area contributed by atoms with Crippen LogP contribution in [0.4, 0.5) is 5.69 Å². The normalized spacial score (nSPS) is 21.7. The molecule has 1 N–H and O–H groups in total. The van der Waals surface area contributed by atoms with Gasteiger partial charge < -0.3 is 15.1 Å². The molecular weight excluding hydrogens is 302 g/mol. The number of para-hydroxylation sites is 1. The molecule has 1 aromatic carbocycles. The van der Waals surface area contributed by atoms with Gasteiger partial charge in [-0.25, -0.2) is 0 Å². The lowest BCUT2D eigenvalue weighted by atomic mass is 10.1. The molecule has 3 rings (SSSR count). The SMILES string of the molecule is O=C(CN1CCCCCC1=O)NC[C@H]1CCN(c2ccccc2)C1. The third kappa shape index (κ3) is 4.49. The van der Waals surface area contributed by atoms with Crippen molar-refractivity contribution >= 4 is 17.5 Å². The lowest BCUT2D eigenvalue weighted by molar-refractivity contribution is -0.135. The number of benzene rings is 1. The van der Waals surface area contributed by atoms with Gasteiger partial charge in [-0.15, -0.1) is 0 Å². The van der Waals surface area contributed by atoms with E-state index in [1.165, 1.54) is 5.69 Å². The van der Waals surface area contributed by atoms with E-state index in [4.69, 9.17) is 0 Å². The highest BCUT2D eigenvalue weighted by molar-refractivity contribution is 5.84. The summed E-state index contributed by atoms with van der Waals surface area (Å²) in [6, 6.07) is 10.4. The topological polar surface area (TPSA) is 52.7 Å². The Bertz CT molecular complexity index is 561. The second-order valence-corrected chi connectivity index (χ2v) is 6.87. The van der Waals surface area contributed by atoms with E-state index < -0.39 is 0 Å². The lowest BCUT2D eigenvalue weighted by Gasteiger charge is -2.21. The second-order valence-electron chi connectivity index (χ2n) is 6.87. The zero-order valence-corrected chi connectivity index (χ0v) is 14.2. The Balaban J connectivity index is 1.41. The summed E-state index contributed by atoms with van der Waals surface area (Å²) in [7, 11) is 0. The van der Waals surface area contributed by atoms with Crippen LogP contribution in [0.2, 0.25) is 0 Å². The van der Waals surface area contributed by atoms with Crippen molar-refractivity contribution in [1.29, 1.82) is 0 Å². The molecule has 0 aromatic heterocycles. The second kappa shape index (κ2) is 8.18. The fourth-order valence-corrected chi connectivity index (χ4v) is 3.57. The summed E-state index contributed by atoms with van der Waals surface area (Å²) in [5, 5.41) is 3.03. The zero-order valence-electron chi connectivity index (χ0n) is 14.2. The fraction of sp³-hybridized carbons (Fsp3) is 0.579. The molecule has 0 aliphatic carbocycles. The summed E-state index contributed by atoms with van der Waals surface area (Å²) in [6.07, 6.45) is 4.73. The van der Waals surface area contributed by atoms with E-state index in [-0.39, 0.29) is 18.4 Å². The summed E-state index contributed by atoms with van der Waals surface area (Å²) >= 11 is 0. The van der Waals surface area contributed by atoms with Gasteiger partial charge in [-0.2, -0.15) is 0 Å². The van der Waals surface area contributed by atoms with Crippen LogP contribution in [-0.2, 0) is 9.59 Å². The Hall–Kier alpha value is -2.04. The molecular formula is C19H27N3O2. The maximum absolute atomic E-state index is 12.2. The first-order chi connectivity index (χ1) is 11.7. The molecule has 2 aliphatic heterocycles. The maximum atomic E-state index is 12.2. The number of rotatable bonds is 5. The Morgan fingerprint density at radius 1 is 1.12 bits per heavy atom. The van der Waals surface area contributed by atoms with Crippen LogP contribution in [0.25, 0.3) is 0 Å². The van der Waals surface area contributed by atoms with Crippen molar-refractivity contribution in [3.05, 3.63) is 30.3 Å². The number of carbonyl (C=O) groups is 2. The van der Waals surface area contributed by atoms with Crippen molar-refractivity contribution in [3.63, 3.8) is 0 Å². The quantitative estimate of drug-likeness (QED) is 0.899. The fourth-order valence-electron chi connectivity index (χ4n) is 3.57. The number of hydrogen-bond donors (Lipinski definition) is 1. The highest BCUT2D eigenvalue weighted by atomic mass is 16.2. The van der Waals surface area contributed by atoms with Gasteiger partial charge in [-0.1, -0.05) is 24.6 Å². The lowest BCUT2D eigenvalue weighted by Crippen LogP contribution is -2.42. The van der Waals surface area contributed by atoms with Gasteiger partial charge in [0.2, 0.25) is 11.8 Å². The zero-order chi connectivity index (χ0) is 16.8. The van der Waals surface area contributed by atoms with Crippen LogP contribution in [0.15, 0.2) is 30.3 Å². The summed E-state index contributed by atoms with van der Waals surface area (Å²) in [6.45, 7) is 3.65. The minimum absolute atomic E-state index is 0.0246. The van der Waals surface area contributed by atoms with E-state index in [0.29, 0.717) is 18.9 Å². The molecule has 0 spiro atoms. The highest BCUT2D eigenvalue weighted by Gasteiger charge is 2.24. The van der Waals surface area contributed by atoms with Crippen LogP contribution in [-0.4, -0.2) is 49.4 Å². The Morgan fingerprint density at radius 3 is 2.79 bits per heavy atom. The monoisotopic (exact) mass is 329 g/mol. The van der Waals surface area contributed by atoms with Crippen molar-refractivity contribution < 1.29 is 9.59 Å². The average Bonchev–Trinajstić information content (AvgIpc) is 2.99. The third-order valence-corrected chi connectivity index (χ3v) is 5.00. The Kier molecular flexibility index (Phi) is 5.72. The summed E-state index contributed by atoms with van der Waals surface area (Å²) in [5.41, 5.74) is 1.25. The molecule has 2 aliphatic rings. The predicted molar refractivity (Wildman–Crippen MR) is 94.8 cm³/mol. The van der Waals surface area contributed by atoms with Crippen LogP contribution in [0.5, 0.6) is 0 Å². The van der Waals surface area contributed by atoms with Crippen molar-refractivity contribution in [3.8, 4) is 0 Å². The van der Waals surface area contributed by atoms with Crippen molar-refractivity contribution in [2.24, 2.45) is 5.92 Å². The summed E-state index contributed by atoms with van der Waals surface area (Å²) in [5.74, 6) is 0.580. The molecule has 130 valence electrons. The maximum Gasteiger partial charge on any atom is 0.239 e. The van der Waals surface area contributed by atoms with Crippen LogP contribution in [0, 0.1) is 5.92 Å². The molecule has 2 amide bonds. The largest absolute Gasteiger partial charge is 0.371 e. The Labute approximate surface area is 144 Å². The van der Waals surface area contributed by atoms with E-state index in [0.717, 1.165) is 45.3 Å². The van der Waals surface area contributed by atoms with E-state index in [9.17, 15) is 9.59 Å². The minimum Gasteiger partial charge on any atom is -0.371 e. The number of anilines is 1. The predicted octanol–water partition coefficient (Wildman–Crippen LogP) is 2.03. The van der Waals surface area contributed by atoms with Crippen LogP contribution in [0.3, 0.4) is 0 Å². The molecule has 0 unspecified atom stereocenters. The number of hydrogen-bond acceptors (Lipinski definition) is 3. The molecule has 0 bridgehead atoms. The summed E-state index contributed by atoms with van der Waals surface area (Å²) < 4.78 is 0. The van der Waals surface area contributed by atoms with Gasteiger partial charge in [0.1, 0.15) is 0 Å². The average molecular weight is 329 g/mol. The standard InChI is InChI=1S/C19H27N3O2/c23-18(15-22-11-6-2-5-9-19(22)24)20-13-16-10-12-21(14-16)17-7-3-1-4-8-17/h1,3-4,7-8,16H,2,5-6,9-15H2,(H,20,23)/t16-/m1/s1. The van der Waals surface area contributed by atoms with Crippen LogP contribution < -0.4 is 10.2 Å². The first kappa shape index (κ1) is 16.8. The van der Waals surface area contributed by atoms with E-state index in [1.54, 1.807) is 4.90 Å². The molecule has 5 nitrogen and oxygen atoms in total. The third-order valence-electron chi connectivity index (χ3n) is 5.00. The minimum atomic E-state index is -0.0246. The molecule has 2 heterocycles. The van der Waals surface area contributed by atoms with Crippen LogP contribution >= 0.6 is 0 Å². The van der Waals surface area contributed by atoms with Gasteiger partial charge in [0.25, 0.3) is 0 Å². The number of amides is 2. The van der Waals surface area contributed by atoms with Gasteiger partial charge in [0.15, 0.2) is 0 Å². The van der Waals surface area contributed by atoms with E-state index in [2.05, 4.69) is 34.5 Å². The van der Waals surface area contributed by atoms with Gasteiger partial charge in [-0.3, -0.25) is 9.59 Å². The van der Waals surface area contributed by atoms with Crippen molar-refractivity contribution in [2.45, 2.75) is 32.1 Å². The number of nitrogens with one attached hydrogen (secondary N) is 1. The molecule has 1 atom stereocenters. The first-order valence-electron chi connectivity index (χ1n) is 9.07. The van der Waals surface area contributed by atoms with Crippen LogP contribution in [0.1, 0.15) is 32.1 Å². The van der Waals surface area contributed by atoms with Crippen molar-refractivity contribution in [1.82, 2.24) is 10.2 Å². The highest BCUT2D eigenvalue weighted by Crippen LogP contribution is 2.22. The van der Waals surface area contributed by atoms with Gasteiger partial charge in [-0.05, 0) is 37.3 Å². The van der Waals surface area contributed by atoms with Gasteiger partial charge >= 0.3 is 0 Å². The first-order valence-corrected chi connectivity index (χ1v) is 9.07. The Morgan fingerprint density at radius 2 is 1.96 bits per heavy atom. The van der Waals surface area contributed by atoms with Gasteiger partial charge in [0, 0.05) is 38.3 Å². The number of nitrogens with zero attached hydrogens (tertiary/aromatic N) is 2. The molecule has 2 saturated heterocycles. The smallest absolute Gasteiger partial charge is 0.239 e. The molecule has 2 fully saturated rings. The molecule has 1 aromatic rings. The van der Waals surface area contributed by atoms with E-state index in [1.807, 2.05) is 6.07 Å². The molecule has 24 heavy (non-hydrogen) atoms.